The average Bonchev–Trinajstić information content (AvgIpc) is 2.70. The zero-order valence-electron chi connectivity index (χ0n) is 15.4. The van der Waals surface area contributed by atoms with Gasteiger partial charge in [-0.05, 0) is 31.5 Å². The topological polar surface area (TPSA) is 90.0 Å². The van der Waals surface area contributed by atoms with Gasteiger partial charge in [0, 0.05) is 24.3 Å². The van der Waals surface area contributed by atoms with E-state index in [1.165, 1.54) is 11.6 Å². The molecule has 0 aliphatic heterocycles. The second kappa shape index (κ2) is 7.97. The third kappa shape index (κ3) is 3.80. The van der Waals surface area contributed by atoms with E-state index >= 15 is 0 Å². The molecule has 0 spiro atoms. The molecular formula is C21H22N4O2. The standard InChI is InChI=1S/C21H22N4O2/c1-3-25-21(27)20(23-17-11-9-15(13-22)10-12-17)18(14(2)26)19(24-25)16-7-5-4-6-8-16/h4-12,23H,3,13,22H2,1-2H3. The fraction of sp³-hybridized carbons (Fsp3) is 0.190. The number of carbonyl (C=O) groups excluding carboxylic acids is 1. The number of carbonyl (C=O) groups is 1. The lowest BCUT2D eigenvalue weighted by molar-refractivity contribution is 0.101. The summed E-state index contributed by atoms with van der Waals surface area (Å²) < 4.78 is 1.37. The lowest BCUT2D eigenvalue weighted by Gasteiger charge is -2.16. The highest BCUT2D eigenvalue weighted by atomic mass is 16.1. The van der Waals surface area contributed by atoms with E-state index in [1.807, 2.05) is 61.5 Å². The molecule has 0 aliphatic carbocycles. The van der Waals surface area contributed by atoms with Gasteiger partial charge in [-0.25, -0.2) is 4.68 Å². The quantitative estimate of drug-likeness (QED) is 0.657. The van der Waals surface area contributed by atoms with Crippen molar-refractivity contribution in [1.82, 2.24) is 9.78 Å². The Bertz CT molecular complexity index is 1010. The van der Waals surface area contributed by atoms with Crippen molar-refractivity contribution in [3.63, 3.8) is 0 Å². The number of nitrogens with one attached hydrogen (secondary N) is 1. The Morgan fingerprint density at radius 2 is 1.78 bits per heavy atom. The minimum Gasteiger partial charge on any atom is -0.350 e. The molecule has 0 bridgehead atoms. The lowest BCUT2D eigenvalue weighted by Crippen LogP contribution is -2.28. The summed E-state index contributed by atoms with van der Waals surface area (Å²) in [6, 6.07) is 16.8. The first-order chi connectivity index (χ1) is 13.0. The minimum atomic E-state index is -0.328. The monoisotopic (exact) mass is 362 g/mol. The smallest absolute Gasteiger partial charge is 0.291 e. The van der Waals surface area contributed by atoms with Gasteiger partial charge >= 0.3 is 0 Å². The van der Waals surface area contributed by atoms with Gasteiger partial charge in [0.2, 0.25) is 0 Å². The normalized spacial score (nSPS) is 10.6. The van der Waals surface area contributed by atoms with E-state index in [2.05, 4.69) is 10.4 Å². The van der Waals surface area contributed by atoms with Crippen LogP contribution in [0.5, 0.6) is 0 Å². The number of ketones is 1. The van der Waals surface area contributed by atoms with Crippen molar-refractivity contribution in [2.24, 2.45) is 5.73 Å². The molecule has 0 saturated carbocycles. The summed E-state index contributed by atoms with van der Waals surface area (Å²) in [5.41, 5.74) is 8.80. The third-order valence-electron chi connectivity index (χ3n) is 4.31. The zero-order valence-corrected chi connectivity index (χ0v) is 15.4. The van der Waals surface area contributed by atoms with Gasteiger partial charge in [0.25, 0.3) is 5.56 Å². The fourth-order valence-corrected chi connectivity index (χ4v) is 2.91. The van der Waals surface area contributed by atoms with Crippen molar-refractivity contribution in [2.45, 2.75) is 26.9 Å². The predicted octanol–water partition coefficient (Wildman–Crippen LogP) is 3.34. The van der Waals surface area contributed by atoms with Crippen molar-refractivity contribution in [3.8, 4) is 11.3 Å². The molecule has 3 N–H and O–H groups in total. The van der Waals surface area contributed by atoms with Gasteiger partial charge in [0.15, 0.2) is 5.78 Å². The Balaban J connectivity index is 2.21. The summed E-state index contributed by atoms with van der Waals surface area (Å²) >= 11 is 0. The molecule has 1 heterocycles. The molecule has 0 saturated heterocycles. The van der Waals surface area contributed by atoms with Crippen LogP contribution in [0.2, 0.25) is 0 Å². The van der Waals surface area contributed by atoms with E-state index in [0.717, 1.165) is 11.1 Å². The predicted molar refractivity (Wildman–Crippen MR) is 107 cm³/mol. The second-order valence-corrected chi connectivity index (χ2v) is 6.17. The van der Waals surface area contributed by atoms with Gasteiger partial charge in [-0.2, -0.15) is 5.10 Å². The highest BCUT2D eigenvalue weighted by Crippen LogP contribution is 2.27. The van der Waals surface area contributed by atoms with Gasteiger partial charge in [0.05, 0.1) is 5.56 Å². The first-order valence-corrected chi connectivity index (χ1v) is 8.82. The first kappa shape index (κ1) is 18.5. The van der Waals surface area contributed by atoms with Crippen molar-refractivity contribution in [2.75, 3.05) is 5.32 Å². The number of hydrogen-bond acceptors (Lipinski definition) is 5. The summed E-state index contributed by atoms with van der Waals surface area (Å²) in [6.45, 7) is 4.13. The lowest BCUT2D eigenvalue weighted by atomic mass is 10.0. The molecule has 0 radical (unpaired) electrons. The average molecular weight is 362 g/mol. The van der Waals surface area contributed by atoms with Crippen LogP contribution < -0.4 is 16.6 Å². The van der Waals surface area contributed by atoms with Crippen molar-refractivity contribution in [1.29, 1.82) is 0 Å². The number of anilines is 2. The van der Waals surface area contributed by atoms with Gasteiger partial charge in [-0.1, -0.05) is 42.5 Å². The Morgan fingerprint density at radius 1 is 1.11 bits per heavy atom. The number of rotatable bonds is 6. The van der Waals surface area contributed by atoms with Gasteiger partial charge in [-0.3, -0.25) is 9.59 Å². The van der Waals surface area contributed by atoms with Crippen LogP contribution in [0, 0.1) is 0 Å². The summed E-state index contributed by atoms with van der Waals surface area (Å²) in [5, 5.41) is 7.56. The van der Waals surface area contributed by atoms with Crippen LogP contribution in [0.3, 0.4) is 0 Å². The minimum absolute atomic E-state index is 0.220. The maximum atomic E-state index is 12.9. The molecule has 3 aromatic rings. The molecule has 3 rings (SSSR count). The number of Topliss-reactive ketones (excluding diaryl/α,β-unsaturated/α-hetero) is 1. The van der Waals surface area contributed by atoms with Crippen molar-refractivity contribution < 1.29 is 4.79 Å². The highest BCUT2D eigenvalue weighted by molar-refractivity contribution is 6.05. The summed E-state index contributed by atoms with van der Waals surface area (Å²) in [7, 11) is 0. The molecule has 0 atom stereocenters. The highest BCUT2D eigenvalue weighted by Gasteiger charge is 2.21. The first-order valence-electron chi connectivity index (χ1n) is 8.82. The number of aromatic nitrogens is 2. The molecule has 6 heteroatoms. The van der Waals surface area contributed by atoms with Gasteiger partial charge in [0.1, 0.15) is 11.4 Å². The summed E-state index contributed by atoms with van der Waals surface area (Å²) in [6.07, 6.45) is 0. The summed E-state index contributed by atoms with van der Waals surface area (Å²) in [4.78, 5) is 25.4. The van der Waals surface area contributed by atoms with Crippen molar-refractivity contribution >= 4 is 17.2 Å². The number of aryl methyl sites for hydroxylation is 1. The summed E-state index contributed by atoms with van der Waals surface area (Å²) in [5.74, 6) is -0.220. The third-order valence-corrected chi connectivity index (χ3v) is 4.31. The molecule has 138 valence electrons. The van der Waals surface area contributed by atoms with Crippen LogP contribution in [-0.2, 0) is 13.1 Å². The van der Waals surface area contributed by atoms with Crippen LogP contribution >= 0.6 is 0 Å². The molecule has 27 heavy (non-hydrogen) atoms. The van der Waals surface area contributed by atoms with Crippen molar-refractivity contribution in [3.05, 3.63) is 76.1 Å². The van der Waals surface area contributed by atoms with E-state index in [9.17, 15) is 9.59 Å². The fourth-order valence-electron chi connectivity index (χ4n) is 2.91. The Hall–Kier alpha value is -3.25. The Labute approximate surface area is 157 Å². The van der Waals surface area contributed by atoms with E-state index < -0.39 is 0 Å². The van der Waals surface area contributed by atoms with E-state index in [0.29, 0.717) is 30.0 Å². The largest absolute Gasteiger partial charge is 0.350 e. The number of hydrogen-bond donors (Lipinski definition) is 2. The number of nitrogens with zero attached hydrogens (tertiary/aromatic N) is 2. The van der Waals surface area contributed by atoms with Gasteiger partial charge < -0.3 is 11.1 Å². The maximum absolute atomic E-state index is 12.9. The number of benzene rings is 2. The molecule has 1 aromatic heterocycles. The van der Waals surface area contributed by atoms with E-state index in [4.69, 9.17) is 5.73 Å². The van der Waals surface area contributed by atoms with Crippen LogP contribution in [0.25, 0.3) is 11.3 Å². The molecule has 0 amide bonds. The van der Waals surface area contributed by atoms with Gasteiger partial charge in [-0.15, -0.1) is 0 Å². The number of nitrogens with two attached hydrogens (primary N) is 1. The second-order valence-electron chi connectivity index (χ2n) is 6.17. The van der Waals surface area contributed by atoms with Crippen LogP contribution in [-0.4, -0.2) is 15.6 Å². The molecule has 2 aromatic carbocycles. The SMILES string of the molecule is CCn1nc(-c2ccccc2)c(C(C)=O)c(Nc2ccc(CN)cc2)c1=O. The van der Waals surface area contributed by atoms with Crippen LogP contribution in [0.1, 0.15) is 29.8 Å². The van der Waals surface area contributed by atoms with E-state index in [-0.39, 0.29) is 17.0 Å². The maximum Gasteiger partial charge on any atom is 0.291 e. The van der Waals surface area contributed by atoms with Crippen LogP contribution in [0.4, 0.5) is 11.4 Å². The molecule has 0 aliphatic rings. The Morgan fingerprint density at radius 3 is 2.33 bits per heavy atom. The molecule has 0 unspecified atom stereocenters. The zero-order chi connectivity index (χ0) is 19.4. The van der Waals surface area contributed by atoms with Crippen LogP contribution in [0.15, 0.2) is 59.4 Å². The Kier molecular flexibility index (Phi) is 5.47. The molecule has 0 fully saturated rings. The molecule has 6 nitrogen and oxygen atoms in total. The molecular weight excluding hydrogens is 340 g/mol. The van der Waals surface area contributed by atoms with E-state index in [1.54, 1.807) is 0 Å².